The summed E-state index contributed by atoms with van der Waals surface area (Å²) < 4.78 is 0. The number of likely N-dealkylation sites (N-methyl/N-ethyl adjacent to an activating group) is 2. The van der Waals surface area contributed by atoms with Gasteiger partial charge in [0.05, 0.1) is 6.04 Å². The number of carbonyl (C=O) groups is 1. The van der Waals surface area contributed by atoms with Gasteiger partial charge in [0.15, 0.2) is 0 Å². The van der Waals surface area contributed by atoms with Crippen LogP contribution < -0.4 is 11.5 Å². The highest BCUT2D eigenvalue weighted by Gasteiger charge is 2.11. The van der Waals surface area contributed by atoms with Crippen molar-refractivity contribution in [2.45, 2.75) is 6.04 Å². The van der Waals surface area contributed by atoms with Crippen LogP contribution in [0.15, 0.2) is 0 Å². The molecule has 78 valence electrons. The van der Waals surface area contributed by atoms with Crippen LogP contribution in [0.1, 0.15) is 0 Å². The molecule has 1 unspecified atom stereocenters. The first-order valence-corrected chi connectivity index (χ1v) is 4.31. The Morgan fingerprint density at radius 1 is 1.31 bits per heavy atom. The van der Waals surface area contributed by atoms with Crippen molar-refractivity contribution in [2.24, 2.45) is 11.5 Å². The number of nitrogens with two attached hydrogens (primary N) is 2. The monoisotopic (exact) mass is 188 g/mol. The lowest BCUT2D eigenvalue weighted by atomic mass is 10.3. The Labute approximate surface area is 79.7 Å². The third kappa shape index (κ3) is 6.51. The van der Waals surface area contributed by atoms with E-state index in [1.807, 2.05) is 26.0 Å². The Bertz CT molecular complexity index is 160. The van der Waals surface area contributed by atoms with Gasteiger partial charge in [0.1, 0.15) is 0 Å². The average Bonchev–Trinajstić information content (AvgIpc) is 2.00. The Hall–Kier alpha value is -0.650. The second-order valence-corrected chi connectivity index (χ2v) is 3.57. The van der Waals surface area contributed by atoms with E-state index in [0.717, 1.165) is 13.1 Å². The molecule has 5 nitrogen and oxygen atoms in total. The molecule has 0 aliphatic rings. The maximum Gasteiger partial charge on any atom is 0.235 e. The minimum atomic E-state index is -0.563. The van der Waals surface area contributed by atoms with Crippen molar-refractivity contribution >= 4 is 5.91 Å². The Morgan fingerprint density at radius 2 is 1.85 bits per heavy atom. The molecule has 0 bridgehead atoms. The van der Waals surface area contributed by atoms with Crippen LogP contribution in [0.4, 0.5) is 0 Å². The summed E-state index contributed by atoms with van der Waals surface area (Å²) in [5, 5.41) is 0. The van der Waals surface area contributed by atoms with E-state index in [1.165, 1.54) is 0 Å². The van der Waals surface area contributed by atoms with Crippen molar-refractivity contribution in [3.05, 3.63) is 0 Å². The normalized spacial score (nSPS) is 13.7. The number of hydrogen-bond donors (Lipinski definition) is 2. The van der Waals surface area contributed by atoms with Crippen molar-refractivity contribution in [1.29, 1.82) is 0 Å². The number of hydrogen-bond acceptors (Lipinski definition) is 4. The average molecular weight is 188 g/mol. The van der Waals surface area contributed by atoms with E-state index in [9.17, 15) is 4.79 Å². The molecule has 0 saturated heterocycles. The second-order valence-electron chi connectivity index (χ2n) is 3.57. The van der Waals surface area contributed by atoms with Gasteiger partial charge in [-0.2, -0.15) is 0 Å². The van der Waals surface area contributed by atoms with E-state index in [0.29, 0.717) is 6.54 Å². The zero-order valence-corrected chi connectivity index (χ0v) is 8.66. The van der Waals surface area contributed by atoms with Gasteiger partial charge in [-0.3, -0.25) is 4.79 Å². The highest BCUT2D eigenvalue weighted by atomic mass is 16.1. The van der Waals surface area contributed by atoms with E-state index >= 15 is 0 Å². The fourth-order valence-corrected chi connectivity index (χ4v) is 0.888. The van der Waals surface area contributed by atoms with Gasteiger partial charge in [-0.15, -0.1) is 0 Å². The van der Waals surface area contributed by atoms with Gasteiger partial charge < -0.3 is 21.3 Å². The van der Waals surface area contributed by atoms with E-state index in [1.54, 1.807) is 0 Å². The van der Waals surface area contributed by atoms with Crippen molar-refractivity contribution in [3.8, 4) is 0 Å². The summed E-state index contributed by atoms with van der Waals surface area (Å²) in [5.74, 6) is -0.447. The molecule has 4 N–H and O–H groups in total. The first-order valence-electron chi connectivity index (χ1n) is 4.31. The lowest BCUT2D eigenvalue weighted by Gasteiger charge is -2.21. The van der Waals surface area contributed by atoms with Gasteiger partial charge in [-0.05, 0) is 21.1 Å². The molecule has 0 radical (unpaired) electrons. The fraction of sp³-hybridized carbons (Fsp3) is 0.875. The van der Waals surface area contributed by atoms with Gasteiger partial charge in [0.25, 0.3) is 0 Å². The van der Waals surface area contributed by atoms with Gasteiger partial charge >= 0.3 is 0 Å². The lowest BCUT2D eigenvalue weighted by Crippen LogP contribution is -2.46. The van der Waals surface area contributed by atoms with Gasteiger partial charge in [-0.25, -0.2) is 0 Å². The largest absolute Gasteiger partial charge is 0.368 e. The van der Waals surface area contributed by atoms with E-state index < -0.39 is 11.9 Å². The van der Waals surface area contributed by atoms with Crippen LogP contribution in [0.25, 0.3) is 0 Å². The van der Waals surface area contributed by atoms with Gasteiger partial charge in [0, 0.05) is 19.6 Å². The smallest absolute Gasteiger partial charge is 0.235 e. The van der Waals surface area contributed by atoms with Crippen LogP contribution in [0.5, 0.6) is 0 Å². The highest BCUT2D eigenvalue weighted by Crippen LogP contribution is 1.86. The van der Waals surface area contributed by atoms with E-state index in [-0.39, 0.29) is 0 Å². The molecule has 0 aliphatic heterocycles. The summed E-state index contributed by atoms with van der Waals surface area (Å²) in [6, 6.07) is -0.563. The van der Waals surface area contributed by atoms with Crippen molar-refractivity contribution in [2.75, 3.05) is 40.8 Å². The molecule has 13 heavy (non-hydrogen) atoms. The van der Waals surface area contributed by atoms with Crippen LogP contribution in [-0.2, 0) is 4.79 Å². The molecular weight excluding hydrogens is 168 g/mol. The first kappa shape index (κ1) is 12.3. The Balaban J connectivity index is 3.61. The van der Waals surface area contributed by atoms with Crippen molar-refractivity contribution < 1.29 is 4.79 Å². The number of primary amides is 1. The summed E-state index contributed by atoms with van der Waals surface area (Å²) >= 11 is 0. The maximum absolute atomic E-state index is 10.6. The molecule has 0 heterocycles. The summed E-state index contributed by atoms with van der Waals surface area (Å²) in [6.07, 6.45) is 0. The van der Waals surface area contributed by atoms with E-state index in [2.05, 4.69) is 4.90 Å². The summed E-state index contributed by atoms with van der Waals surface area (Å²) in [6.45, 7) is 2.35. The molecule has 5 heteroatoms. The third-order valence-corrected chi connectivity index (χ3v) is 1.80. The molecule has 0 aromatic carbocycles. The molecule has 0 spiro atoms. The number of nitrogens with zero attached hydrogens (tertiary/aromatic N) is 2. The molecule has 0 aromatic rings. The van der Waals surface area contributed by atoms with Crippen LogP contribution in [0, 0.1) is 0 Å². The third-order valence-electron chi connectivity index (χ3n) is 1.80. The molecule has 1 amide bonds. The van der Waals surface area contributed by atoms with Crippen LogP contribution in [0.2, 0.25) is 0 Å². The number of rotatable bonds is 6. The van der Waals surface area contributed by atoms with Gasteiger partial charge in [-0.1, -0.05) is 0 Å². The number of carbonyl (C=O) groups excluding carboxylic acids is 1. The molecule has 0 rings (SSSR count). The minimum absolute atomic E-state index is 0.447. The summed E-state index contributed by atoms with van der Waals surface area (Å²) in [5.41, 5.74) is 10.5. The predicted octanol–water partition coefficient (Wildman–Crippen LogP) is -1.71. The summed E-state index contributed by atoms with van der Waals surface area (Å²) in [4.78, 5) is 14.7. The number of amides is 1. The molecular formula is C8H20N4O. The Kier molecular flexibility index (Phi) is 5.61. The van der Waals surface area contributed by atoms with Crippen LogP contribution in [0.3, 0.4) is 0 Å². The quantitative estimate of drug-likeness (QED) is 0.520. The van der Waals surface area contributed by atoms with Crippen molar-refractivity contribution in [3.63, 3.8) is 0 Å². The topological polar surface area (TPSA) is 75.6 Å². The predicted molar refractivity (Wildman–Crippen MR) is 53.2 cm³/mol. The zero-order chi connectivity index (χ0) is 10.4. The molecule has 0 aromatic heterocycles. The lowest BCUT2D eigenvalue weighted by molar-refractivity contribution is -0.119. The van der Waals surface area contributed by atoms with Gasteiger partial charge in [0.2, 0.25) is 5.91 Å². The van der Waals surface area contributed by atoms with Crippen LogP contribution >= 0.6 is 0 Å². The maximum atomic E-state index is 10.6. The van der Waals surface area contributed by atoms with E-state index in [4.69, 9.17) is 11.5 Å². The fourth-order valence-electron chi connectivity index (χ4n) is 0.888. The second kappa shape index (κ2) is 5.90. The molecule has 0 saturated carbocycles. The standard InChI is InChI=1S/C8H20N4O/c1-11(2)4-5-12(3)6-7(9)8(10)13/h7H,4-6,9H2,1-3H3,(H2,10,13). The van der Waals surface area contributed by atoms with Crippen molar-refractivity contribution in [1.82, 2.24) is 9.80 Å². The highest BCUT2D eigenvalue weighted by molar-refractivity contribution is 5.79. The molecule has 1 atom stereocenters. The molecule has 0 aliphatic carbocycles. The van der Waals surface area contributed by atoms with Crippen LogP contribution in [-0.4, -0.2) is 62.5 Å². The Morgan fingerprint density at radius 3 is 2.23 bits per heavy atom. The zero-order valence-electron chi connectivity index (χ0n) is 8.66. The minimum Gasteiger partial charge on any atom is -0.368 e. The molecule has 0 fully saturated rings. The SMILES string of the molecule is CN(C)CCN(C)CC(N)C(N)=O. The first-order chi connectivity index (χ1) is 5.93. The summed E-state index contributed by atoms with van der Waals surface area (Å²) in [7, 11) is 5.93.